The Labute approximate surface area is 145 Å². The summed E-state index contributed by atoms with van der Waals surface area (Å²) in [5.74, 6) is 0.102. The molecule has 0 bridgehead atoms. The molecule has 4 nitrogen and oxygen atoms in total. The lowest BCUT2D eigenvalue weighted by atomic mass is 10.1. The minimum atomic E-state index is -0.232. The topological polar surface area (TPSA) is 47.8 Å². The number of carbonyl (C=O) groups excluding carboxylic acids is 1. The average Bonchev–Trinajstić information content (AvgIpc) is 3.10. The zero-order chi connectivity index (χ0) is 16.9. The van der Waals surface area contributed by atoms with Crippen LogP contribution in [0.5, 0.6) is 0 Å². The maximum atomic E-state index is 12.6. The van der Waals surface area contributed by atoms with Gasteiger partial charge in [-0.2, -0.15) is 0 Å². The minimum absolute atomic E-state index is 0.102. The molecular weight excluding hydrogens is 318 g/mol. The van der Waals surface area contributed by atoms with Gasteiger partial charge < -0.3 is 0 Å². The monoisotopic (exact) mass is 337 g/mol. The number of aryl methyl sites for hydroxylation is 1. The van der Waals surface area contributed by atoms with E-state index in [1.807, 2.05) is 66.1 Å². The molecule has 0 saturated carbocycles. The van der Waals surface area contributed by atoms with Gasteiger partial charge in [-0.3, -0.25) is 9.36 Å². The summed E-state index contributed by atoms with van der Waals surface area (Å²) < 4.78 is 1.90. The molecule has 0 radical (unpaired) electrons. The average molecular weight is 337 g/mol. The molecule has 0 spiro atoms. The number of Topliss-reactive ketones (excluding diaryl/α,β-unsaturated/α-hetero) is 1. The highest BCUT2D eigenvalue weighted by molar-refractivity contribution is 8.00. The van der Waals surface area contributed by atoms with Crippen molar-refractivity contribution in [1.82, 2.24) is 14.8 Å². The number of rotatable bonds is 6. The molecule has 2 aromatic carbocycles. The van der Waals surface area contributed by atoms with Gasteiger partial charge in [0.25, 0.3) is 0 Å². The molecule has 122 valence electrons. The third kappa shape index (κ3) is 3.57. The van der Waals surface area contributed by atoms with Gasteiger partial charge in [0, 0.05) is 11.3 Å². The summed E-state index contributed by atoms with van der Waals surface area (Å²) in [5.41, 5.74) is 2.95. The van der Waals surface area contributed by atoms with Gasteiger partial charge in [0.1, 0.15) is 6.33 Å². The van der Waals surface area contributed by atoms with Gasteiger partial charge in [0.2, 0.25) is 0 Å². The highest BCUT2D eigenvalue weighted by Gasteiger charge is 2.19. The van der Waals surface area contributed by atoms with Crippen LogP contribution in [0, 0.1) is 0 Å². The minimum Gasteiger partial charge on any atom is -0.293 e. The van der Waals surface area contributed by atoms with E-state index in [2.05, 4.69) is 17.1 Å². The van der Waals surface area contributed by atoms with E-state index in [0.717, 1.165) is 17.7 Å². The molecule has 24 heavy (non-hydrogen) atoms. The van der Waals surface area contributed by atoms with Gasteiger partial charge in [0.05, 0.1) is 5.25 Å². The van der Waals surface area contributed by atoms with Crippen LogP contribution >= 0.6 is 11.8 Å². The second kappa shape index (κ2) is 7.45. The first-order valence-electron chi connectivity index (χ1n) is 7.94. The Hall–Kier alpha value is -2.40. The molecule has 5 heteroatoms. The van der Waals surface area contributed by atoms with Gasteiger partial charge in [0.15, 0.2) is 10.9 Å². The Balaban J connectivity index is 1.76. The molecule has 3 aromatic rings. The Morgan fingerprint density at radius 2 is 1.83 bits per heavy atom. The van der Waals surface area contributed by atoms with Gasteiger partial charge in [-0.15, -0.1) is 10.2 Å². The lowest BCUT2D eigenvalue weighted by Gasteiger charge is -2.11. The fraction of sp³-hybridized carbons (Fsp3) is 0.211. The number of hydrogen-bond donors (Lipinski definition) is 0. The van der Waals surface area contributed by atoms with E-state index in [-0.39, 0.29) is 11.0 Å². The second-order valence-corrected chi connectivity index (χ2v) is 6.80. The Bertz CT molecular complexity index is 812. The van der Waals surface area contributed by atoms with E-state index >= 15 is 0 Å². The van der Waals surface area contributed by atoms with Crippen LogP contribution in [-0.2, 0) is 6.42 Å². The molecule has 0 N–H and O–H groups in total. The van der Waals surface area contributed by atoms with Crippen molar-refractivity contribution < 1.29 is 4.79 Å². The lowest BCUT2D eigenvalue weighted by Crippen LogP contribution is -2.14. The summed E-state index contributed by atoms with van der Waals surface area (Å²) in [7, 11) is 0. The van der Waals surface area contributed by atoms with Gasteiger partial charge in [-0.25, -0.2) is 0 Å². The Morgan fingerprint density at radius 1 is 1.12 bits per heavy atom. The van der Waals surface area contributed by atoms with Crippen molar-refractivity contribution in [3.63, 3.8) is 0 Å². The molecular formula is C19H19N3OS. The zero-order valence-electron chi connectivity index (χ0n) is 13.7. The maximum absolute atomic E-state index is 12.6. The Kier molecular flexibility index (Phi) is 5.11. The predicted octanol–water partition coefficient (Wildman–Crippen LogP) is 4.19. The highest BCUT2D eigenvalue weighted by atomic mass is 32.2. The van der Waals surface area contributed by atoms with Crippen LogP contribution in [0.2, 0.25) is 0 Å². The number of benzene rings is 2. The number of aromatic nitrogens is 3. The largest absolute Gasteiger partial charge is 0.293 e. The summed E-state index contributed by atoms with van der Waals surface area (Å²) in [4.78, 5) is 12.6. The first-order chi connectivity index (χ1) is 11.7. The summed E-state index contributed by atoms with van der Waals surface area (Å²) in [6.07, 6.45) is 2.64. The van der Waals surface area contributed by atoms with E-state index in [4.69, 9.17) is 0 Å². The van der Waals surface area contributed by atoms with Crippen LogP contribution < -0.4 is 0 Å². The van der Waals surface area contributed by atoms with E-state index in [1.54, 1.807) is 6.33 Å². The molecule has 0 unspecified atom stereocenters. The van der Waals surface area contributed by atoms with Gasteiger partial charge in [-0.05, 0) is 31.0 Å². The highest BCUT2D eigenvalue weighted by Crippen LogP contribution is 2.26. The van der Waals surface area contributed by atoms with Crippen LogP contribution in [0.4, 0.5) is 0 Å². The Morgan fingerprint density at radius 3 is 2.50 bits per heavy atom. The molecule has 1 heterocycles. The van der Waals surface area contributed by atoms with Crippen molar-refractivity contribution in [2.24, 2.45) is 0 Å². The molecule has 0 aliphatic heterocycles. The fourth-order valence-electron chi connectivity index (χ4n) is 2.42. The third-order valence-corrected chi connectivity index (χ3v) is 4.91. The number of ketones is 1. The number of thioether (sulfide) groups is 1. The summed E-state index contributed by atoms with van der Waals surface area (Å²) in [6.45, 7) is 4.01. The summed E-state index contributed by atoms with van der Waals surface area (Å²) in [5, 5.41) is 8.63. The van der Waals surface area contributed by atoms with Crippen LogP contribution in [-0.4, -0.2) is 25.8 Å². The van der Waals surface area contributed by atoms with Crippen molar-refractivity contribution in [2.45, 2.75) is 30.7 Å². The smallest absolute Gasteiger partial charge is 0.196 e. The molecule has 0 aliphatic carbocycles. The van der Waals surface area contributed by atoms with Crippen molar-refractivity contribution in [3.05, 3.63) is 72.1 Å². The van der Waals surface area contributed by atoms with Crippen LogP contribution in [0.25, 0.3) is 5.69 Å². The summed E-state index contributed by atoms with van der Waals surface area (Å²) >= 11 is 1.42. The van der Waals surface area contributed by atoms with E-state index in [0.29, 0.717) is 5.16 Å². The first-order valence-corrected chi connectivity index (χ1v) is 8.82. The number of para-hydroxylation sites is 1. The van der Waals surface area contributed by atoms with Crippen LogP contribution in [0.1, 0.15) is 29.8 Å². The standard InChI is InChI=1S/C19H19N3OS/c1-3-15-9-11-16(12-10-15)18(23)14(2)24-19-21-20-13-22(19)17-7-5-4-6-8-17/h4-14H,3H2,1-2H3/t14-/m1/s1. The molecule has 1 aromatic heterocycles. The number of carbonyl (C=O) groups is 1. The zero-order valence-corrected chi connectivity index (χ0v) is 14.5. The molecule has 3 rings (SSSR count). The van der Waals surface area contributed by atoms with E-state index < -0.39 is 0 Å². The third-order valence-electron chi connectivity index (χ3n) is 3.85. The predicted molar refractivity (Wildman–Crippen MR) is 96.8 cm³/mol. The number of nitrogens with zero attached hydrogens (tertiary/aromatic N) is 3. The molecule has 1 atom stereocenters. The van der Waals surface area contributed by atoms with Crippen molar-refractivity contribution in [3.8, 4) is 5.69 Å². The van der Waals surface area contributed by atoms with Crippen LogP contribution in [0.3, 0.4) is 0 Å². The maximum Gasteiger partial charge on any atom is 0.196 e. The molecule has 0 fully saturated rings. The summed E-state index contributed by atoms with van der Waals surface area (Å²) in [6, 6.07) is 17.7. The second-order valence-electron chi connectivity index (χ2n) is 5.49. The van der Waals surface area contributed by atoms with Crippen molar-refractivity contribution in [2.75, 3.05) is 0 Å². The number of hydrogen-bond acceptors (Lipinski definition) is 4. The van der Waals surface area contributed by atoms with E-state index in [1.165, 1.54) is 17.3 Å². The molecule has 0 aliphatic rings. The van der Waals surface area contributed by atoms with Gasteiger partial charge >= 0.3 is 0 Å². The SMILES string of the molecule is CCc1ccc(C(=O)[C@@H](C)Sc2nncn2-c2ccccc2)cc1. The van der Waals surface area contributed by atoms with Crippen molar-refractivity contribution >= 4 is 17.5 Å². The quantitative estimate of drug-likeness (QED) is 0.500. The fourth-order valence-corrected chi connectivity index (χ4v) is 3.34. The van der Waals surface area contributed by atoms with Crippen LogP contribution in [0.15, 0.2) is 66.1 Å². The van der Waals surface area contributed by atoms with Gasteiger partial charge in [-0.1, -0.05) is 61.2 Å². The molecule has 0 amide bonds. The van der Waals surface area contributed by atoms with Crippen molar-refractivity contribution in [1.29, 1.82) is 0 Å². The normalized spacial score (nSPS) is 12.1. The first kappa shape index (κ1) is 16.5. The lowest BCUT2D eigenvalue weighted by molar-refractivity contribution is 0.0994. The molecule has 0 saturated heterocycles. The van der Waals surface area contributed by atoms with E-state index in [9.17, 15) is 4.79 Å².